The van der Waals surface area contributed by atoms with Gasteiger partial charge in [-0.05, 0) is 32.8 Å². The molecule has 0 saturated carbocycles. The number of aliphatic imine (C=N–C) groups is 1. The van der Waals surface area contributed by atoms with Crippen molar-refractivity contribution in [3.05, 3.63) is 24.2 Å². The second-order valence-corrected chi connectivity index (χ2v) is 10.9. The first-order chi connectivity index (χ1) is 10.1. The Hall–Kier alpha value is -1.07. The molecule has 4 unspecified atom stereocenters. The average molecular weight is 327 g/mol. The van der Waals surface area contributed by atoms with Gasteiger partial charge in [-0.25, -0.2) is 4.99 Å². The van der Waals surface area contributed by atoms with Gasteiger partial charge in [0.2, 0.25) is 0 Å². The van der Waals surface area contributed by atoms with Crippen molar-refractivity contribution in [2.24, 2.45) is 10.7 Å². The smallest absolute Gasteiger partial charge is 0.164 e. The number of hydrogen-bond acceptors (Lipinski definition) is 6. The van der Waals surface area contributed by atoms with Crippen LogP contribution in [0.2, 0.25) is 0 Å². The second kappa shape index (κ2) is 6.20. The molecule has 0 amide bonds. The van der Waals surface area contributed by atoms with E-state index in [0.29, 0.717) is 18.1 Å². The van der Waals surface area contributed by atoms with Crippen LogP contribution in [0, 0.1) is 0 Å². The van der Waals surface area contributed by atoms with Gasteiger partial charge < -0.3 is 25.6 Å². The lowest BCUT2D eigenvalue weighted by Gasteiger charge is -2.31. The van der Waals surface area contributed by atoms with Crippen LogP contribution in [0.15, 0.2) is 29.2 Å². The van der Waals surface area contributed by atoms with Crippen LogP contribution in [-0.2, 0) is 4.74 Å². The maximum absolute atomic E-state index is 10.3. The summed E-state index contributed by atoms with van der Waals surface area (Å²) < 4.78 is 5.88. The highest BCUT2D eigenvalue weighted by Gasteiger charge is 2.45. The van der Waals surface area contributed by atoms with Crippen LogP contribution in [0.5, 0.6) is 0 Å². The fourth-order valence-electron chi connectivity index (χ4n) is 2.53. The highest BCUT2D eigenvalue weighted by atomic mass is 31.2. The van der Waals surface area contributed by atoms with E-state index in [1.165, 1.54) is 0 Å². The summed E-state index contributed by atoms with van der Waals surface area (Å²) in [5.41, 5.74) is 6.52. The minimum atomic E-state index is -1.20. The van der Waals surface area contributed by atoms with Crippen molar-refractivity contribution < 1.29 is 14.9 Å². The number of rotatable bonds is 4. The summed E-state index contributed by atoms with van der Waals surface area (Å²) in [5, 5.41) is 20.5. The van der Waals surface area contributed by atoms with E-state index in [1.54, 1.807) is 11.1 Å². The van der Waals surface area contributed by atoms with E-state index in [1.807, 2.05) is 6.92 Å². The van der Waals surface area contributed by atoms with Crippen LogP contribution in [0.25, 0.3) is 0 Å². The molecule has 0 spiro atoms. The van der Waals surface area contributed by atoms with E-state index in [4.69, 9.17) is 10.5 Å². The molecule has 2 aliphatic rings. The van der Waals surface area contributed by atoms with Crippen molar-refractivity contribution in [2.75, 3.05) is 19.5 Å². The van der Waals surface area contributed by atoms with Gasteiger partial charge in [-0.15, -0.1) is 13.2 Å². The minimum Gasteiger partial charge on any atom is -0.388 e. The zero-order valence-corrected chi connectivity index (χ0v) is 14.3. The second-order valence-electron chi connectivity index (χ2n) is 6.63. The summed E-state index contributed by atoms with van der Waals surface area (Å²) in [6.45, 7) is 8.73. The van der Waals surface area contributed by atoms with Crippen LogP contribution in [0.4, 0.5) is 0 Å². The Morgan fingerprint density at radius 2 is 2.05 bits per heavy atom. The predicted octanol–water partition coefficient (Wildman–Crippen LogP) is 0.580. The van der Waals surface area contributed by atoms with Gasteiger partial charge in [0, 0.05) is 11.8 Å². The van der Waals surface area contributed by atoms with Crippen molar-refractivity contribution in [1.82, 2.24) is 4.90 Å². The van der Waals surface area contributed by atoms with Crippen molar-refractivity contribution >= 4 is 19.0 Å². The van der Waals surface area contributed by atoms with E-state index in [0.717, 1.165) is 11.7 Å². The summed E-state index contributed by atoms with van der Waals surface area (Å²) >= 11 is 0. The summed E-state index contributed by atoms with van der Waals surface area (Å²) in [6.07, 6.45) is 4.41. The van der Waals surface area contributed by atoms with Gasteiger partial charge in [0.05, 0.1) is 6.10 Å². The largest absolute Gasteiger partial charge is 0.388 e. The Bertz CT molecular complexity index is 566. The number of aliphatic hydroxyl groups is 2. The maximum Gasteiger partial charge on any atom is 0.164 e. The summed E-state index contributed by atoms with van der Waals surface area (Å²) in [6, 6.07) is 0. The minimum absolute atomic E-state index is 0.394. The molecule has 2 aliphatic heterocycles. The Morgan fingerprint density at radius 1 is 1.41 bits per heavy atom. The molecule has 2 rings (SSSR count). The molecule has 6 nitrogen and oxygen atoms in total. The van der Waals surface area contributed by atoms with E-state index < -0.39 is 31.4 Å². The van der Waals surface area contributed by atoms with Crippen molar-refractivity contribution in [1.29, 1.82) is 0 Å². The molecule has 2 heterocycles. The first-order valence-electron chi connectivity index (χ1n) is 7.29. The van der Waals surface area contributed by atoms with Crippen molar-refractivity contribution in [3.8, 4) is 0 Å². The summed E-state index contributed by atoms with van der Waals surface area (Å²) in [5.74, 6) is 0.791. The Kier molecular flexibility index (Phi) is 4.87. The first-order valence-corrected chi connectivity index (χ1v) is 10.3. The number of hydrogen-bond donors (Lipinski definition) is 3. The lowest BCUT2D eigenvalue weighted by molar-refractivity contribution is -0.0580. The zero-order valence-electron chi connectivity index (χ0n) is 13.4. The number of nitrogens with two attached hydrogens (primary N) is 1. The molecule has 0 radical (unpaired) electrons. The molecule has 0 aromatic carbocycles. The molecule has 124 valence electrons. The monoisotopic (exact) mass is 327 g/mol. The molecule has 4 N–H and O–H groups in total. The van der Waals surface area contributed by atoms with Gasteiger partial charge in [-0.2, -0.15) is 0 Å². The molecule has 0 aromatic heterocycles. The fourth-order valence-corrected chi connectivity index (χ4v) is 3.48. The highest BCUT2D eigenvalue weighted by molar-refractivity contribution is 7.72. The van der Waals surface area contributed by atoms with Crippen LogP contribution < -0.4 is 5.73 Å². The molecule has 0 bridgehead atoms. The number of amidine groups is 1. The molecule has 0 aromatic rings. The third-order valence-corrected chi connectivity index (χ3v) is 5.38. The lowest BCUT2D eigenvalue weighted by Crippen LogP contribution is -2.42. The summed E-state index contributed by atoms with van der Waals surface area (Å²) in [4.78, 5) is 5.77. The molecular formula is C15H26N3O3P. The molecule has 1 fully saturated rings. The van der Waals surface area contributed by atoms with E-state index in [2.05, 4.69) is 31.2 Å². The van der Waals surface area contributed by atoms with Gasteiger partial charge in [-0.3, -0.25) is 0 Å². The van der Waals surface area contributed by atoms with E-state index in [9.17, 15) is 10.2 Å². The third-order valence-electron chi connectivity index (χ3n) is 3.91. The highest BCUT2D eigenvalue weighted by Crippen LogP contribution is 2.38. The van der Waals surface area contributed by atoms with Crippen molar-refractivity contribution in [3.63, 3.8) is 0 Å². The Morgan fingerprint density at radius 3 is 2.64 bits per heavy atom. The zero-order chi connectivity index (χ0) is 16.7. The maximum atomic E-state index is 10.3. The lowest BCUT2D eigenvalue weighted by atomic mass is 10.1. The average Bonchev–Trinajstić information content (AvgIpc) is 2.68. The first kappa shape index (κ1) is 17.3. The van der Waals surface area contributed by atoms with Gasteiger partial charge >= 0.3 is 0 Å². The van der Waals surface area contributed by atoms with E-state index in [-0.39, 0.29) is 0 Å². The van der Waals surface area contributed by atoms with Gasteiger partial charge in [-0.1, -0.05) is 6.58 Å². The number of nitrogens with zero attached hydrogens (tertiary/aromatic N) is 2. The predicted molar refractivity (Wildman–Crippen MR) is 92.4 cm³/mol. The third kappa shape index (κ3) is 3.63. The normalized spacial score (nSPS) is 33.0. The molecule has 7 heteroatoms. The molecular weight excluding hydrogens is 301 g/mol. The Labute approximate surface area is 131 Å². The molecule has 4 atom stereocenters. The summed E-state index contributed by atoms with van der Waals surface area (Å²) in [7, 11) is 0. The number of ether oxygens (including phenoxy) is 1. The van der Waals surface area contributed by atoms with Gasteiger partial charge in [0.1, 0.15) is 23.9 Å². The number of aliphatic hydroxyl groups excluding tert-OH is 2. The molecule has 0 aliphatic carbocycles. The fraction of sp³-hybridized carbons (Fsp3) is 0.600. The van der Waals surface area contributed by atoms with Gasteiger partial charge in [0.15, 0.2) is 6.23 Å². The standard InChI is InChI=1S/C15H26N3O3P/c1-9-8-18(10(2)17-14(9)16)15-13(20)12(19)11(21-15)6-7-22(3,4)5/h8,11-13,15,19-20H,2-3,6-7H2,1,4-5H3,(H2,16,17). The van der Waals surface area contributed by atoms with Gasteiger partial charge in [0.25, 0.3) is 0 Å². The topological polar surface area (TPSA) is 91.3 Å². The van der Waals surface area contributed by atoms with Crippen LogP contribution in [0.3, 0.4) is 0 Å². The van der Waals surface area contributed by atoms with E-state index >= 15 is 0 Å². The SMILES string of the molecule is C=C1N=C(N)C(C)=CN1C1OC(CCP(=C)(C)C)C(O)C1O. The quantitative estimate of drug-likeness (QED) is 0.657. The molecule has 22 heavy (non-hydrogen) atoms. The van der Waals surface area contributed by atoms with Crippen molar-refractivity contribution in [2.45, 2.75) is 37.9 Å². The van der Waals surface area contributed by atoms with Crippen LogP contribution in [0.1, 0.15) is 13.3 Å². The van der Waals surface area contributed by atoms with Crippen LogP contribution >= 0.6 is 6.89 Å². The Balaban J connectivity index is 2.10. The molecule has 1 saturated heterocycles. The van der Waals surface area contributed by atoms with Crippen LogP contribution in [-0.4, -0.2) is 71.3 Å².